The fourth-order valence-electron chi connectivity index (χ4n) is 1.88. The Morgan fingerprint density at radius 2 is 2.30 bits per heavy atom. The normalized spacial score (nSPS) is 11.9. The van der Waals surface area contributed by atoms with E-state index < -0.39 is 6.23 Å². The summed E-state index contributed by atoms with van der Waals surface area (Å²) in [4.78, 5) is 4.20. The van der Waals surface area contributed by atoms with E-state index in [-0.39, 0.29) is 0 Å². The number of hydrogen-bond acceptors (Lipinski definition) is 5. The summed E-state index contributed by atoms with van der Waals surface area (Å²) in [5, 5.41) is 22.3. The lowest BCUT2D eigenvalue weighted by atomic mass is 10.1. The maximum absolute atomic E-state index is 9.47. The summed E-state index contributed by atoms with van der Waals surface area (Å²) < 4.78 is 5.52. The van der Waals surface area contributed by atoms with Gasteiger partial charge >= 0.3 is 0 Å². The van der Waals surface area contributed by atoms with Crippen LogP contribution in [0.2, 0.25) is 5.02 Å². The van der Waals surface area contributed by atoms with Crippen LogP contribution in [0, 0.1) is 11.3 Å². The maximum atomic E-state index is 9.47. The average Bonchev–Trinajstić information content (AvgIpc) is 2.40. The molecule has 5 nitrogen and oxygen atoms in total. The molecule has 0 aliphatic heterocycles. The third-order valence-electron chi connectivity index (χ3n) is 2.69. The minimum absolute atomic E-state index is 0.311. The number of benzene rings is 1. The Labute approximate surface area is 121 Å². The van der Waals surface area contributed by atoms with Gasteiger partial charge in [-0.25, -0.2) is 0 Å². The first-order valence-electron chi connectivity index (χ1n) is 6.16. The third-order valence-corrected chi connectivity index (χ3v) is 3.10. The van der Waals surface area contributed by atoms with Crippen molar-refractivity contribution in [3.63, 3.8) is 0 Å². The zero-order valence-electron chi connectivity index (χ0n) is 11.1. The van der Waals surface area contributed by atoms with Crippen molar-refractivity contribution in [3.05, 3.63) is 28.9 Å². The van der Waals surface area contributed by atoms with E-state index in [1.54, 1.807) is 19.1 Å². The van der Waals surface area contributed by atoms with Crippen molar-refractivity contribution in [2.24, 2.45) is 0 Å². The second-order valence-corrected chi connectivity index (χ2v) is 4.59. The maximum Gasteiger partial charge on any atom is 0.144 e. The Morgan fingerprint density at radius 1 is 1.55 bits per heavy atom. The Bertz CT molecular complexity index is 680. The molecule has 0 saturated carbocycles. The molecule has 0 bridgehead atoms. The molecule has 6 heteroatoms. The highest BCUT2D eigenvalue weighted by molar-refractivity contribution is 6.36. The van der Waals surface area contributed by atoms with E-state index in [0.29, 0.717) is 39.5 Å². The van der Waals surface area contributed by atoms with E-state index in [0.717, 1.165) is 0 Å². The number of aliphatic hydroxyl groups is 1. The second-order valence-electron chi connectivity index (χ2n) is 4.22. The summed E-state index contributed by atoms with van der Waals surface area (Å²) in [5.41, 5.74) is 1.55. The molecule has 1 atom stereocenters. The topological polar surface area (TPSA) is 78.2 Å². The van der Waals surface area contributed by atoms with E-state index in [1.165, 1.54) is 6.20 Å². The molecule has 2 aromatic rings. The monoisotopic (exact) mass is 291 g/mol. The van der Waals surface area contributed by atoms with Crippen molar-refractivity contribution >= 4 is 28.2 Å². The number of rotatable bonds is 4. The van der Waals surface area contributed by atoms with Gasteiger partial charge in [-0.15, -0.1) is 0 Å². The first kappa shape index (κ1) is 14.4. The first-order chi connectivity index (χ1) is 9.56. The highest BCUT2D eigenvalue weighted by Gasteiger charge is 2.13. The summed E-state index contributed by atoms with van der Waals surface area (Å²) in [7, 11) is 0. The third kappa shape index (κ3) is 2.77. The van der Waals surface area contributed by atoms with Crippen LogP contribution in [0.25, 0.3) is 10.9 Å². The van der Waals surface area contributed by atoms with Crippen molar-refractivity contribution in [2.45, 2.75) is 20.1 Å². The smallest absolute Gasteiger partial charge is 0.144 e. The summed E-state index contributed by atoms with van der Waals surface area (Å²) in [6, 6.07) is 5.45. The fourth-order valence-corrected chi connectivity index (χ4v) is 2.12. The SMILES string of the molecule is CCOc1cc2ncc(C#N)c(Cl)c2cc1NC(C)O. The van der Waals surface area contributed by atoms with Gasteiger partial charge in [-0.1, -0.05) is 11.6 Å². The summed E-state index contributed by atoms with van der Waals surface area (Å²) in [6.45, 7) is 3.96. The van der Waals surface area contributed by atoms with Gasteiger partial charge in [0.05, 0.1) is 28.4 Å². The molecule has 0 saturated heterocycles. The lowest BCUT2D eigenvalue weighted by Crippen LogP contribution is -2.14. The molecule has 0 aliphatic rings. The number of fused-ring (bicyclic) bond motifs is 1. The second kappa shape index (κ2) is 5.95. The molecule has 0 aliphatic carbocycles. The number of aromatic nitrogens is 1. The number of halogens is 1. The number of pyridine rings is 1. The Kier molecular flexibility index (Phi) is 4.28. The highest BCUT2D eigenvalue weighted by Crippen LogP contribution is 2.34. The average molecular weight is 292 g/mol. The molecule has 20 heavy (non-hydrogen) atoms. The van der Waals surface area contributed by atoms with Crippen molar-refractivity contribution in [1.29, 1.82) is 5.26 Å². The minimum atomic E-state index is -0.738. The van der Waals surface area contributed by atoms with E-state index >= 15 is 0 Å². The van der Waals surface area contributed by atoms with E-state index in [1.807, 2.05) is 13.0 Å². The van der Waals surface area contributed by atoms with Gasteiger partial charge in [0.2, 0.25) is 0 Å². The molecule has 1 aromatic carbocycles. The van der Waals surface area contributed by atoms with E-state index in [4.69, 9.17) is 21.6 Å². The molecule has 0 amide bonds. The van der Waals surface area contributed by atoms with Crippen molar-refractivity contribution in [3.8, 4) is 11.8 Å². The summed E-state index contributed by atoms with van der Waals surface area (Å²) in [6.07, 6.45) is 0.694. The minimum Gasteiger partial charge on any atom is -0.492 e. The van der Waals surface area contributed by atoms with E-state index in [9.17, 15) is 5.11 Å². The Morgan fingerprint density at radius 3 is 2.90 bits per heavy atom. The molecule has 1 heterocycles. The molecule has 0 fully saturated rings. The van der Waals surface area contributed by atoms with Gasteiger partial charge < -0.3 is 15.2 Å². The van der Waals surface area contributed by atoms with Gasteiger partial charge in [0, 0.05) is 17.6 Å². The summed E-state index contributed by atoms with van der Waals surface area (Å²) >= 11 is 6.19. The lowest BCUT2D eigenvalue weighted by Gasteiger charge is -2.15. The molecular weight excluding hydrogens is 278 g/mol. The van der Waals surface area contributed by atoms with Crippen LogP contribution in [0.15, 0.2) is 18.3 Å². The van der Waals surface area contributed by atoms with Crippen LogP contribution in [0.5, 0.6) is 5.75 Å². The zero-order chi connectivity index (χ0) is 14.7. The molecular formula is C14H14ClN3O2. The summed E-state index contributed by atoms with van der Waals surface area (Å²) in [5.74, 6) is 0.578. The molecule has 0 spiro atoms. The van der Waals surface area contributed by atoms with Crippen LogP contribution in [-0.4, -0.2) is 22.9 Å². The van der Waals surface area contributed by atoms with Crippen LogP contribution in [0.3, 0.4) is 0 Å². The molecule has 2 rings (SSSR count). The number of nitrogens with zero attached hydrogens (tertiary/aromatic N) is 2. The number of ether oxygens (including phenoxy) is 1. The van der Waals surface area contributed by atoms with Crippen LogP contribution in [-0.2, 0) is 0 Å². The zero-order valence-corrected chi connectivity index (χ0v) is 11.9. The Balaban J connectivity index is 2.65. The lowest BCUT2D eigenvalue weighted by molar-refractivity contribution is 0.223. The Hall–Kier alpha value is -2.03. The number of nitrogens with one attached hydrogen (secondary N) is 1. The predicted octanol–water partition coefficient (Wildman–Crippen LogP) is 2.91. The highest BCUT2D eigenvalue weighted by atomic mass is 35.5. The van der Waals surface area contributed by atoms with Crippen LogP contribution >= 0.6 is 11.6 Å². The molecule has 104 valence electrons. The van der Waals surface area contributed by atoms with Gasteiger partial charge in [-0.05, 0) is 19.9 Å². The quantitative estimate of drug-likeness (QED) is 0.847. The van der Waals surface area contributed by atoms with Gasteiger partial charge in [0.15, 0.2) is 0 Å². The van der Waals surface area contributed by atoms with Crippen molar-refractivity contribution in [2.75, 3.05) is 11.9 Å². The standard InChI is InChI=1S/C14H14ClN3O2/c1-3-20-13-5-11-10(4-12(13)18-8(2)19)14(15)9(6-16)7-17-11/h4-5,7-8,18-19H,3H2,1-2H3. The van der Waals surface area contributed by atoms with Crippen LogP contribution < -0.4 is 10.1 Å². The number of hydrogen-bond donors (Lipinski definition) is 2. The van der Waals surface area contributed by atoms with Crippen LogP contribution in [0.4, 0.5) is 5.69 Å². The van der Waals surface area contributed by atoms with Gasteiger partial charge in [-0.2, -0.15) is 5.26 Å². The molecule has 0 radical (unpaired) electrons. The van der Waals surface area contributed by atoms with Crippen LogP contribution in [0.1, 0.15) is 19.4 Å². The number of anilines is 1. The fraction of sp³-hybridized carbons (Fsp3) is 0.286. The van der Waals surface area contributed by atoms with E-state index in [2.05, 4.69) is 10.3 Å². The molecule has 2 N–H and O–H groups in total. The van der Waals surface area contributed by atoms with Crippen molar-refractivity contribution in [1.82, 2.24) is 4.98 Å². The van der Waals surface area contributed by atoms with Gasteiger partial charge in [0.25, 0.3) is 0 Å². The van der Waals surface area contributed by atoms with Gasteiger partial charge in [-0.3, -0.25) is 4.98 Å². The molecule has 1 aromatic heterocycles. The predicted molar refractivity (Wildman–Crippen MR) is 77.9 cm³/mol. The first-order valence-corrected chi connectivity index (χ1v) is 6.54. The van der Waals surface area contributed by atoms with Crippen molar-refractivity contribution < 1.29 is 9.84 Å². The molecule has 1 unspecified atom stereocenters. The number of aliphatic hydroxyl groups excluding tert-OH is 1. The largest absolute Gasteiger partial charge is 0.492 e. The van der Waals surface area contributed by atoms with Gasteiger partial charge in [0.1, 0.15) is 18.0 Å². The number of nitriles is 1.